The van der Waals surface area contributed by atoms with Gasteiger partial charge in [-0.15, -0.1) is 0 Å². The molecule has 0 saturated carbocycles. The molecule has 28 heavy (non-hydrogen) atoms. The number of aromatic nitrogens is 1. The molecule has 0 atom stereocenters. The Balaban J connectivity index is 1.59. The highest BCUT2D eigenvalue weighted by Gasteiger charge is 2.19. The van der Waals surface area contributed by atoms with Gasteiger partial charge in [0.15, 0.2) is 15.0 Å². The van der Waals surface area contributed by atoms with Gasteiger partial charge in [0.2, 0.25) is 0 Å². The lowest BCUT2D eigenvalue weighted by Crippen LogP contribution is -2.36. The highest BCUT2D eigenvalue weighted by molar-refractivity contribution is 7.90. The SMILES string of the molecule is CS(=O)(=O)c1ccccc1C(=O)Nc1ccc2nc(N3CCOCC3)sc2c1. The summed E-state index contributed by atoms with van der Waals surface area (Å²) in [5, 5.41) is 3.73. The molecule has 1 aliphatic heterocycles. The molecular weight excluding hydrogens is 398 g/mol. The normalized spacial score (nSPS) is 15.0. The predicted octanol–water partition coefficient (Wildman–Crippen LogP) is 2.79. The fourth-order valence-electron chi connectivity index (χ4n) is 3.06. The van der Waals surface area contributed by atoms with E-state index in [1.54, 1.807) is 29.5 Å². The van der Waals surface area contributed by atoms with Crippen LogP contribution in [0.15, 0.2) is 47.4 Å². The van der Waals surface area contributed by atoms with Crippen LogP contribution in [-0.4, -0.2) is 51.9 Å². The van der Waals surface area contributed by atoms with Gasteiger partial charge < -0.3 is 15.0 Å². The number of carbonyl (C=O) groups is 1. The molecule has 1 aliphatic rings. The first-order valence-electron chi connectivity index (χ1n) is 8.75. The first kappa shape index (κ1) is 18.9. The maximum atomic E-state index is 12.7. The van der Waals surface area contributed by atoms with Gasteiger partial charge >= 0.3 is 0 Å². The number of nitrogens with one attached hydrogen (secondary N) is 1. The molecule has 3 aromatic rings. The fourth-order valence-corrected chi connectivity index (χ4v) is 5.00. The average molecular weight is 418 g/mol. The van der Waals surface area contributed by atoms with Crippen LogP contribution in [-0.2, 0) is 14.6 Å². The van der Waals surface area contributed by atoms with Crippen molar-refractivity contribution in [2.75, 3.05) is 42.8 Å². The molecule has 4 rings (SSSR count). The fraction of sp³-hybridized carbons (Fsp3) is 0.263. The molecule has 0 aliphatic carbocycles. The van der Waals surface area contributed by atoms with Crippen LogP contribution in [0.2, 0.25) is 0 Å². The largest absolute Gasteiger partial charge is 0.378 e. The minimum Gasteiger partial charge on any atom is -0.378 e. The molecule has 0 unspecified atom stereocenters. The molecule has 2 aromatic carbocycles. The van der Waals surface area contributed by atoms with Crippen molar-refractivity contribution >= 4 is 48.1 Å². The van der Waals surface area contributed by atoms with Crippen molar-refractivity contribution in [1.82, 2.24) is 4.98 Å². The number of fused-ring (bicyclic) bond motifs is 1. The second-order valence-corrected chi connectivity index (χ2v) is 9.49. The summed E-state index contributed by atoms with van der Waals surface area (Å²) >= 11 is 1.56. The Morgan fingerprint density at radius 1 is 1.18 bits per heavy atom. The molecule has 1 amide bonds. The molecule has 1 saturated heterocycles. The summed E-state index contributed by atoms with van der Waals surface area (Å²) in [6.07, 6.45) is 1.09. The summed E-state index contributed by atoms with van der Waals surface area (Å²) < 4.78 is 30.2. The topological polar surface area (TPSA) is 88.6 Å². The number of ether oxygens (including phenoxy) is 1. The molecule has 0 bridgehead atoms. The van der Waals surface area contributed by atoms with Gasteiger partial charge in [-0.1, -0.05) is 23.5 Å². The van der Waals surface area contributed by atoms with E-state index < -0.39 is 15.7 Å². The number of carbonyl (C=O) groups excluding carboxylic acids is 1. The number of benzene rings is 2. The molecule has 0 spiro atoms. The summed E-state index contributed by atoms with van der Waals surface area (Å²) in [5.41, 5.74) is 1.59. The number of amides is 1. The van der Waals surface area contributed by atoms with Crippen molar-refractivity contribution in [3.05, 3.63) is 48.0 Å². The van der Waals surface area contributed by atoms with Crippen molar-refractivity contribution in [3.8, 4) is 0 Å². The maximum Gasteiger partial charge on any atom is 0.256 e. The second kappa shape index (κ2) is 7.50. The zero-order valence-corrected chi connectivity index (χ0v) is 16.8. The third-order valence-corrected chi connectivity index (χ3v) is 6.68. The van der Waals surface area contributed by atoms with E-state index in [1.165, 1.54) is 12.1 Å². The number of hydrogen-bond acceptors (Lipinski definition) is 7. The Hall–Kier alpha value is -2.49. The average Bonchev–Trinajstić information content (AvgIpc) is 3.11. The Bertz CT molecular complexity index is 1140. The number of rotatable bonds is 4. The lowest BCUT2D eigenvalue weighted by atomic mass is 10.2. The lowest BCUT2D eigenvalue weighted by molar-refractivity contribution is 0.102. The standard InChI is InChI=1S/C19H19N3O4S2/c1-28(24,25)17-5-3-2-4-14(17)18(23)20-13-6-7-15-16(12-13)27-19(21-15)22-8-10-26-11-9-22/h2-7,12H,8-11H2,1H3,(H,20,23). The summed E-state index contributed by atoms with van der Waals surface area (Å²) in [7, 11) is -3.50. The second-order valence-electron chi connectivity index (χ2n) is 6.50. The minimum absolute atomic E-state index is 0.0148. The van der Waals surface area contributed by atoms with Crippen molar-refractivity contribution in [3.63, 3.8) is 0 Å². The Labute approximate surface area is 166 Å². The van der Waals surface area contributed by atoms with E-state index in [-0.39, 0.29) is 10.5 Å². The van der Waals surface area contributed by atoms with Gasteiger partial charge in [-0.2, -0.15) is 0 Å². The molecule has 2 heterocycles. The van der Waals surface area contributed by atoms with Crippen LogP contribution < -0.4 is 10.2 Å². The molecule has 9 heteroatoms. The van der Waals surface area contributed by atoms with Crippen molar-refractivity contribution in [2.45, 2.75) is 4.90 Å². The van der Waals surface area contributed by atoms with Gasteiger partial charge in [0.05, 0.1) is 33.9 Å². The van der Waals surface area contributed by atoms with Crippen LogP contribution in [0.3, 0.4) is 0 Å². The van der Waals surface area contributed by atoms with E-state index in [0.29, 0.717) is 18.9 Å². The van der Waals surface area contributed by atoms with E-state index >= 15 is 0 Å². The van der Waals surface area contributed by atoms with Crippen molar-refractivity contribution in [1.29, 1.82) is 0 Å². The monoisotopic (exact) mass is 417 g/mol. The minimum atomic E-state index is -3.50. The molecule has 7 nitrogen and oxygen atoms in total. The number of nitrogens with zero attached hydrogens (tertiary/aromatic N) is 2. The Kier molecular flexibility index (Phi) is 5.05. The number of morpholine rings is 1. The van der Waals surface area contributed by atoms with E-state index in [4.69, 9.17) is 4.74 Å². The third-order valence-electron chi connectivity index (χ3n) is 4.45. The van der Waals surface area contributed by atoms with Crippen LogP contribution in [0, 0.1) is 0 Å². The van der Waals surface area contributed by atoms with Gasteiger partial charge in [-0.05, 0) is 30.3 Å². The van der Waals surface area contributed by atoms with Crippen LogP contribution in [0.25, 0.3) is 10.2 Å². The van der Waals surface area contributed by atoms with Gasteiger partial charge in [-0.25, -0.2) is 13.4 Å². The highest BCUT2D eigenvalue weighted by atomic mass is 32.2. The van der Waals surface area contributed by atoms with Gasteiger partial charge in [0.1, 0.15) is 0 Å². The maximum absolute atomic E-state index is 12.7. The van der Waals surface area contributed by atoms with Gasteiger partial charge in [0, 0.05) is 25.0 Å². The molecule has 146 valence electrons. The Morgan fingerprint density at radius 3 is 2.68 bits per heavy atom. The molecule has 1 fully saturated rings. The van der Waals surface area contributed by atoms with Crippen molar-refractivity contribution in [2.24, 2.45) is 0 Å². The van der Waals surface area contributed by atoms with Gasteiger partial charge in [0.25, 0.3) is 5.91 Å². The lowest BCUT2D eigenvalue weighted by Gasteiger charge is -2.25. The predicted molar refractivity (Wildman–Crippen MR) is 110 cm³/mol. The molecule has 1 N–H and O–H groups in total. The summed E-state index contributed by atoms with van der Waals surface area (Å²) in [6, 6.07) is 11.7. The molecular formula is C19H19N3O4S2. The number of hydrogen-bond donors (Lipinski definition) is 1. The zero-order chi connectivity index (χ0) is 19.7. The summed E-state index contributed by atoms with van der Waals surface area (Å²) in [5.74, 6) is -0.460. The number of sulfone groups is 1. The number of thiazole rings is 1. The van der Waals surface area contributed by atoms with E-state index in [0.717, 1.165) is 34.7 Å². The third kappa shape index (κ3) is 3.87. The van der Waals surface area contributed by atoms with Gasteiger partial charge in [-0.3, -0.25) is 4.79 Å². The first-order valence-corrected chi connectivity index (χ1v) is 11.5. The van der Waals surface area contributed by atoms with Crippen LogP contribution >= 0.6 is 11.3 Å². The quantitative estimate of drug-likeness (QED) is 0.702. The number of anilines is 2. The first-order chi connectivity index (χ1) is 13.4. The molecule has 0 radical (unpaired) electrons. The Morgan fingerprint density at radius 2 is 1.93 bits per heavy atom. The molecule has 1 aromatic heterocycles. The van der Waals surface area contributed by atoms with Crippen LogP contribution in [0.5, 0.6) is 0 Å². The van der Waals surface area contributed by atoms with Crippen LogP contribution in [0.1, 0.15) is 10.4 Å². The van der Waals surface area contributed by atoms with Crippen molar-refractivity contribution < 1.29 is 17.9 Å². The zero-order valence-electron chi connectivity index (χ0n) is 15.2. The van der Waals surface area contributed by atoms with E-state index in [9.17, 15) is 13.2 Å². The summed E-state index contributed by atoms with van der Waals surface area (Å²) in [4.78, 5) is 19.5. The summed E-state index contributed by atoms with van der Waals surface area (Å²) in [6.45, 7) is 3.01. The van der Waals surface area contributed by atoms with E-state index in [2.05, 4.69) is 15.2 Å². The van der Waals surface area contributed by atoms with E-state index in [1.807, 2.05) is 12.1 Å². The van der Waals surface area contributed by atoms with Crippen LogP contribution in [0.4, 0.5) is 10.8 Å². The highest BCUT2D eigenvalue weighted by Crippen LogP contribution is 2.31. The smallest absolute Gasteiger partial charge is 0.256 e.